The van der Waals surface area contributed by atoms with E-state index in [1.807, 2.05) is 24.4 Å². The van der Waals surface area contributed by atoms with E-state index in [-0.39, 0.29) is 5.92 Å². The van der Waals surface area contributed by atoms with Gasteiger partial charge < -0.3 is 5.73 Å². The van der Waals surface area contributed by atoms with Crippen molar-refractivity contribution >= 4 is 27.5 Å². The molecule has 2 N–H and O–H groups in total. The molecule has 0 aliphatic rings. The van der Waals surface area contributed by atoms with Crippen molar-refractivity contribution in [3.8, 4) is 0 Å². The topological polar surface area (TPSA) is 38.9 Å². The number of pyridine rings is 1. The molecule has 0 saturated carbocycles. The number of rotatable bonds is 4. The Morgan fingerprint density at radius 2 is 2.11 bits per heavy atom. The van der Waals surface area contributed by atoms with Crippen molar-refractivity contribution in [2.45, 2.75) is 12.3 Å². The predicted octanol–water partition coefficient (Wildman–Crippen LogP) is 3.78. The molecule has 0 radical (unpaired) electrons. The Bertz CT molecular complexity index is 531. The van der Waals surface area contributed by atoms with Gasteiger partial charge in [0.05, 0.1) is 0 Å². The largest absolute Gasteiger partial charge is 0.330 e. The summed E-state index contributed by atoms with van der Waals surface area (Å²) < 4.78 is 0.988. The van der Waals surface area contributed by atoms with Gasteiger partial charge in [-0.2, -0.15) is 0 Å². The zero-order valence-electron chi connectivity index (χ0n) is 9.81. The average molecular weight is 326 g/mol. The first-order chi connectivity index (χ1) is 8.69. The van der Waals surface area contributed by atoms with E-state index in [2.05, 4.69) is 33.0 Å². The van der Waals surface area contributed by atoms with E-state index in [0.29, 0.717) is 6.54 Å². The highest BCUT2D eigenvalue weighted by molar-refractivity contribution is 9.10. The fourth-order valence-corrected chi connectivity index (χ4v) is 2.56. The fraction of sp³-hybridized carbons (Fsp3) is 0.214. The van der Waals surface area contributed by atoms with Gasteiger partial charge in [0.15, 0.2) is 0 Å². The van der Waals surface area contributed by atoms with Gasteiger partial charge in [-0.1, -0.05) is 23.7 Å². The maximum atomic E-state index is 6.01. The molecule has 4 heteroatoms. The lowest BCUT2D eigenvalue weighted by atomic mass is 9.93. The zero-order valence-corrected chi connectivity index (χ0v) is 12.2. The summed E-state index contributed by atoms with van der Waals surface area (Å²) in [4.78, 5) is 4.17. The monoisotopic (exact) mass is 324 g/mol. The normalized spacial score (nSPS) is 12.4. The smallest absolute Gasteiger partial charge is 0.0410 e. The number of aromatic nitrogens is 1. The van der Waals surface area contributed by atoms with Gasteiger partial charge in [0.2, 0.25) is 0 Å². The van der Waals surface area contributed by atoms with E-state index < -0.39 is 0 Å². The molecule has 1 unspecified atom stereocenters. The number of hydrogen-bond donors (Lipinski definition) is 1. The van der Waals surface area contributed by atoms with Crippen molar-refractivity contribution in [1.29, 1.82) is 0 Å². The van der Waals surface area contributed by atoms with Gasteiger partial charge in [0, 0.05) is 27.8 Å². The Balaban J connectivity index is 2.19. The van der Waals surface area contributed by atoms with E-state index in [9.17, 15) is 0 Å². The Morgan fingerprint density at radius 1 is 1.28 bits per heavy atom. The highest BCUT2D eigenvalue weighted by Gasteiger charge is 2.11. The van der Waals surface area contributed by atoms with Crippen molar-refractivity contribution in [2.24, 2.45) is 5.73 Å². The van der Waals surface area contributed by atoms with Crippen LogP contribution >= 0.6 is 27.5 Å². The van der Waals surface area contributed by atoms with Crippen LogP contribution in [0.1, 0.15) is 17.0 Å². The fourth-order valence-electron chi connectivity index (χ4n) is 1.95. The minimum Gasteiger partial charge on any atom is -0.330 e. The number of benzene rings is 1. The van der Waals surface area contributed by atoms with E-state index in [1.54, 1.807) is 6.20 Å². The summed E-state index contributed by atoms with van der Waals surface area (Å²) in [5.41, 5.74) is 8.20. The first-order valence-corrected chi connectivity index (χ1v) is 6.91. The molecule has 0 aliphatic heterocycles. The first kappa shape index (κ1) is 13.5. The molecule has 2 aromatic rings. The van der Waals surface area contributed by atoms with Crippen LogP contribution in [-0.4, -0.2) is 11.5 Å². The molecule has 18 heavy (non-hydrogen) atoms. The van der Waals surface area contributed by atoms with Crippen LogP contribution in [0.15, 0.2) is 47.2 Å². The number of nitrogens with zero attached hydrogens (tertiary/aromatic N) is 1. The van der Waals surface area contributed by atoms with Crippen LogP contribution in [0.5, 0.6) is 0 Å². The second-order valence-corrected chi connectivity index (χ2v) is 5.56. The van der Waals surface area contributed by atoms with Gasteiger partial charge in [0.1, 0.15) is 0 Å². The molecule has 1 aromatic carbocycles. The number of halogens is 2. The lowest BCUT2D eigenvalue weighted by molar-refractivity contribution is 0.692. The van der Waals surface area contributed by atoms with Crippen molar-refractivity contribution in [2.75, 3.05) is 6.54 Å². The summed E-state index contributed by atoms with van der Waals surface area (Å²) in [6, 6.07) is 9.94. The second-order valence-electron chi connectivity index (χ2n) is 4.20. The Kier molecular flexibility index (Phi) is 4.75. The lowest BCUT2D eigenvalue weighted by Crippen LogP contribution is -2.15. The third kappa shape index (κ3) is 3.55. The number of nitrogens with two attached hydrogens (primary N) is 1. The molecule has 1 aromatic heterocycles. The summed E-state index contributed by atoms with van der Waals surface area (Å²) in [5.74, 6) is 0.264. The molecule has 2 rings (SSSR count). The molecule has 0 saturated heterocycles. The standard InChI is InChI=1S/C14H14BrClN2/c15-13-5-10(8-18-9-13)4-12(7-17)11-2-1-3-14(16)6-11/h1-3,5-6,8-9,12H,4,7,17H2. The summed E-state index contributed by atoms with van der Waals surface area (Å²) in [5, 5.41) is 0.748. The highest BCUT2D eigenvalue weighted by atomic mass is 79.9. The van der Waals surface area contributed by atoms with Gasteiger partial charge >= 0.3 is 0 Å². The van der Waals surface area contributed by atoms with Crippen molar-refractivity contribution in [1.82, 2.24) is 4.98 Å². The van der Waals surface area contributed by atoms with Crippen LogP contribution in [0.3, 0.4) is 0 Å². The van der Waals surface area contributed by atoms with Crippen molar-refractivity contribution in [3.63, 3.8) is 0 Å². The van der Waals surface area contributed by atoms with E-state index >= 15 is 0 Å². The Morgan fingerprint density at radius 3 is 2.78 bits per heavy atom. The molecule has 2 nitrogen and oxygen atoms in total. The lowest BCUT2D eigenvalue weighted by Gasteiger charge is -2.15. The Labute approximate surface area is 120 Å². The van der Waals surface area contributed by atoms with Gasteiger partial charge in [-0.05, 0) is 58.2 Å². The SMILES string of the molecule is NCC(Cc1cncc(Br)c1)c1cccc(Cl)c1. The van der Waals surface area contributed by atoms with Gasteiger partial charge in [-0.25, -0.2) is 0 Å². The highest BCUT2D eigenvalue weighted by Crippen LogP contribution is 2.23. The van der Waals surface area contributed by atoms with Crippen LogP contribution < -0.4 is 5.73 Å². The zero-order chi connectivity index (χ0) is 13.0. The van der Waals surface area contributed by atoms with Crippen LogP contribution in [0.2, 0.25) is 5.02 Å². The molecule has 0 aliphatic carbocycles. The van der Waals surface area contributed by atoms with Gasteiger partial charge in [-0.15, -0.1) is 0 Å². The molecular formula is C14H14BrClN2. The quantitative estimate of drug-likeness (QED) is 0.929. The van der Waals surface area contributed by atoms with Crippen LogP contribution in [0.25, 0.3) is 0 Å². The second kappa shape index (κ2) is 6.32. The molecule has 0 amide bonds. The molecule has 0 fully saturated rings. The molecule has 0 spiro atoms. The molecule has 94 valence electrons. The third-order valence-electron chi connectivity index (χ3n) is 2.85. The third-order valence-corrected chi connectivity index (χ3v) is 3.52. The van der Waals surface area contributed by atoms with Crippen molar-refractivity contribution in [3.05, 3.63) is 63.3 Å². The summed E-state index contributed by atoms with van der Waals surface area (Å²) in [6.07, 6.45) is 4.52. The average Bonchev–Trinajstić information content (AvgIpc) is 2.36. The summed E-state index contributed by atoms with van der Waals surface area (Å²) in [7, 11) is 0. The van der Waals surface area contributed by atoms with Crippen LogP contribution in [0, 0.1) is 0 Å². The summed E-state index contributed by atoms with van der Waals surface area (Å²) in [6.45, 7) is 0.590. The minimum atomic E-state index is 0.264. The van der Waals surface area contributed by atoms with Gasteiger partial charge in [-0.3, -0.25) is 4.98 Å². The molecule has 1 atom stereocenters. The van der Waals surface area contributed by atoms with E-state index in [1.165, 1.54) is 11.1 Å². The Hall–Kier alpha value is -0.900. The molecular weight excluding hydrogens is 312 g/mol. The molecule has 0 bridgehead atoms. The van der Waals surface area contributed by atoms with Crippen LogP contribution in [-0.2, 0) is 6.42 Å². The van der Waals surface area contributed by atoms with E-state index in [0.717, 1.165) is 15.9 Å². The number of hydrogen-bond acceptors (Lipinski definition) is 2. The molecule has 1 heterocycles. The van der Waals surface area contributed by atoms with Crippen LogP contribution in [0.4, 0.5) is 0 Å². The summed E-state index contributed by atoms with van der Waals surface area (Å²) >= 11 is 9.44. The van der Waals surface area contributed by atoms with Gasteiger partial charge in [0.25, 0.3) is 0 Å². The van der Waals surface area contributed by atoms with E-state index in [4.69, 9.17) is 17.3 Å². The first-order valence-electron chi connectivity index (χ1n) is 5.74. The minimum absolute atomic E-state index is 0.264. The maximum absolute atomic E-state index is 6.01. The van der Waals surface area contributed by atoms with Crippen molar-refractivity contribution < 1.29 is 0 Å². The maximum Gasteiger partial charge on any atom is 0.0410 e. The predicted molar refractivity (Wildman–Crippen MR) is 78.9 cm³/mol.